The molecule has 0 aliphatic carbocycles. The van der Waals surface area contributed by atoms with E-state index in [2.05, 4.69) is 20.2 Å². The summed E-state index contributed by atoms with van der Waals surface area (Å²) in [4.78, 5) is 13.8. The summed E-state index contributed by atoms with van der Waals surface area (Å²) in [6.45, 7) is 2.84. The Balaban J connectivity index is 1.68. The van der Waals surface area contributed by atoms with Crippen LogP contribution in [0.2, 0.25) is 0 Å². The van der Waals surface area contributed by atoms with Gasteiger partial charge in [0.1, 0.15) is 0 Å². The zero-order chi connectivity index (χ0) is 16.5. The number of nitro benzene ring substituents is 1. The van der Waals surface area contributed by atoms with Gasteiger partial charge in [0, 0.05) is 6.07 Å². The van der Waals surface area contributed by atoms with Crippen molar-refractivity contribution in [2.24, 2.45) is 0 Å². The molecule has 1 aliphatic heterocycles. The summed E-state index contributed by atoms with van der Waals surface area (Å²) in [6.07, 6.45) is 3.70. The number of para-hydroxylation sites is 1. The van der Waals surface area contributed by atoms with Gasteiger partial charge in [0.2, 0.25) is 4.96 Å². The molecule has 4 rings (SSSR count). The highest BCUT2D eigenvalue weighted by atomic mass is 32.1. The highest BCUT2D eigenvalue weighted by Gasteiger charge is 2.21. The fourth-order valence-corrected chi connectivity index (χ4v) is 3.89. The Hall–Kier alpha value is -2.39. The van der Waals surface area contributed by atoms with Gasteiger partial charge in [-0.25, -0.2) is 0 Å². The van der Waals surface area contributed by atoms with E-state index in [1.807, 2.05) is 0 Å². The first kappa shape index (κ1) is 15.2. The summed E-state index contributed by atoms with van der Waals surface area (Å²) in [5, 5.41) is 24.7. The maximum atomic E-state index is 11.2. The Morgan fingerprint density at radius 2 is 1.96 bits per heavy atom. The lowest BCUT2D eigenvalue weighted by molar-refractivity contribution is -0.384. The van der Waals surface area contributed by atoms with Crippen molar-refractivity contribution in [3.8, 4) is 10.6 Å². The van der Waals surface area contributed by atoms with E-state index in [1.165, 1.54) is 36.7 Å². The zero-order valence-electron chi connectivity index (χ0n) is 13.0. The van der Waals surface area contributed by atoms with Crippen molar-refractivity contribution in [1.29, 1.82) is 0 Å². The maximum absolute atomic E-state index is 11.2. The lowest BCUT2D eigenvalue weighted by atomic mass is 10.1. The minimum atomic E-state index is -0.383. The normalized spacial score (nSPS) is 15.8. The van der Waals surface area contributed by atoms with E-state index in [0.717, 1.165) is 18.9 Å². The van der Waals surface area contributed by atoms with E-state index in [1.54, 1.807) is 22.7 Å². The van der Waals surface area contributed by atoms with Gasteiger partial charge in [0.25, 0.3) is 5.69 Å². The van der Waals surface area contributed by atoms with Crippen molar-refractivity contribution < 1.29 is 4.92 Å². The van der Waals surface area contributed by atoms with Gasteiger partial charge >= 0.3 is 0 Å². The number of fused-ring (bicyclic) bond motifs is 1. The van der Waals surface area contributed by atoms with E-state index in [9.17, 15) is 10.1 Å². The molecule has 3 aromatic rings. The van der Waals surface area contributed by atoms with E-state index in [0.29, 0.717) is 22.1 Å². The molecular weight excluding hydrogens is 328 g/mol. The van der Waals surface area contributed by atoms with Crippen LogP contribution in [0.25, 0.3) is 15.5 Å². The summed E-state index contributed by atoms with van der Waals surface area (Å²) in [5.74, 6) is 0.785. The highest BCUT2D eigenvalue weighted by molar-refractivity contribution is 7.19. The van der Waals surface area contributed by atoms with Gasteiger partial charge < -0.3 is 0 Å². The number of benzene rings is 1. The van der Waals surface area contributed by atoms with Crippen molar-refractivity contribution in [2.45, 2.75) is 25.8 Å². The third-order valence-corrected chi connectivity index (χ3v) is 5.13. The predicted molar refractivity (Wildman–Crippen MR) is 89.9 cm³/mol. The number of hydrogen-bond donors (Lipinski definition) is 0. The van der Waals surface area contributed by atoms with Crippen LogP contribution in [0.4, 0.5) is 5.69 Å². The second-order valence-electron chi connectivity index (χ2n) is 5.83. The monoisotopic (exact) mass is 344 g/mol. The van der Waals surface area contributed by atoms with Gasteiger partial charge in [-0.2, -0.15) is 9.61 Å². The van der Waals surface area contributed by atoms with Crippen LogP contribution in [0.3, 0.4) is 0 Å². The van der Waals surface area contributed by atoms with Gasteiger partial charge in [-0.05, 0) is 32.0 Å². The number of aromatic nitrogens is 4. The number of rotatable bonds is 4. The molecule has 0 amide bonds. The number of likely N-dealkylation sites (tertiary alicyclic amines) is 1. The van der Waals surface area contributed by atoms with E-state index in [4.69, 9.17) is 0 Å². The number of hydrogen-bond acceptors (Lipinski definition) is 7. The molecule has 0 bridgehead atoms. The van der Waals surface area contributed by atoms with Crippen molar-refractivity contribution in [2.75, 3.05) is 13.1 Å². The molecule has 0 radical (unpaired) electrons. The molecule has 2 aromatic heterocycles. The summed E-state index contributed by atoms with van der Waals surface area (Å²) < 4.78 is 1.71. The molecule has 9 heteroatoms. The summed E-state index contributed by atoms with van der Waals surface area (Å²) in [5.41, 5.74) is 0.571. The number of nitro groups is 1. The average Bonchev–Trinajstić information content (AvgIpc) is 3.18. The first-order chi connectivity index (χ1) is 11.7. The lowest BCUT2D eigenvalue weighted by Crippen LogP contribution is -2.30. The van der Waals surface area contributed by atoms with Crippen LogP contribution < -0.4 is 0 Å². The van der Waals surface area contributed by atoms with Crippen LogP contribution in [-0.2, 0) is 6.54 Å². The fraction of sp³-hybridized carbons (Fsp3) is 0.400. The molecular formula is C15H16N6O2S. The van der Waals surface area contributed by atoms with Crippen LogP contribution in [0.5, 0.6) is 0 Å². The SMILES string of the molecule is O=[N+]([O-])c1ccccc1-c1nn2c(CN3CCCCC3)nnc2s1. The van der Waals surface area contributed by atoms with Gasteiger partial charge in [-0.3, -0.25) is 15.0 Å². The Kier molecular flexibility index (Phi) is 3.95. The van der Waals surface area contributed by atoms with E-state index in [-0.39, 0.29) is 10.6 Å². The molecule has 0 saturated carbocycles. The molecule has 0 unspecified atom stereocenters. The van der Waals surface area contributed by atoms with Crippen LogP contribution in [0, 0.1) is 10.1 Å². The molecule has 1 aliphatic rings. The van der Waals surface area contributed by atoms with Gasteiger partial charge in [-0.15, -0.1) is 10.2 Å². The second-order valence-corrected chi connectivity index (χ2v) is 6.78. The minimum absolute atomic E-state index is 0.0556. The van der Waals surface area contributed by atoms with Gasteiger partial charge in [-0.1, -0.05) is 29.9 Å². The number of nitrogens with zero attached hydrogens (tertiary/aromatic N) is 6. The maximum Gasteiger partial charge on any atom is 0.279 e. The average molecular weight is 344 g/mol. The standard InChI is InChI=1S/C15H16N6O2S/c22-21(23)12-7-3-2-6-11(12)14-18-20-13(16-17-15(20)24-14)10-19-8-4-1-5-9-19/h2-3,6-7H,1,4-5,8-10H2. The predicted octanol–water partition coefficient (Wildman–Crippen LogP) is 2.75. The molecule has 1 fully saturated rings. The number of piperidine rings is 1. The second kappa shape index (κ2) is 6.25. The Bertz CT molecular complexity index is 883. The molecule has 1 saturated heterocycles. The Labute approximate surface area is 141 Å². The van der Waals surface area contributed by atoms with Gasteiger partial charge in [0.15, 0.2) is 10.8 Å². The van der Waals surface area contributed by atoms with Crippen LogP contribution in [0.15, 0.2) is 24.3 Å². The Morgan fingerprint density at radius 3 is 2.75 bits per heavy atom. The van der Waals surface area contributed by atoms with Crippen LogP contribution >= 0.6 is 11.3 Å². The Morgan fingerprint density at radius 1 is 1.17 bits per heavy atom. The molecule has 8 nitrogen and oxygen atoms in total. The zero-order valence-corrected chi connectivity index (χ0v) is 13.8. The summed E-state index contributed by atoms with van der Waals surface area (Å²) >= 11 is 1.32. The topological polar surface area (TPSA) is 89.5 Å². The third kappa shape index (κ3) is 2.76. The summed E-state index contributed by atoms with van der Waals surface area (Å²) in [7, 11) is 0. The molecule has 3 heterocycles. The third-order valence-electron chi connectivity index (χ3n) is 4.20. The lowest BCUT2D eigenvalue weighted by Gasteiger charge is -2.25. The van der Waals surface area contributed by atoms with Crippen molar-refractivity contribution >= 4 is 22.0 Å². The van der Waals surface area contributed by atoms with Crippen LogP contribution in [0.1, 0.15) is 25.1 Å². The first-order valence-electron chi connectivity index (χ1n) is 7.89. The quantitative estimate of drug-likeness (QED) is 0.534. The first-order valence-corrected chi connectivity index (χ1v) is 8.71. The largest absolute Gasteiger partial charge is 0.296 e. The molecule has 0 N–H and O–H groups in total. The van der Waals surface area contributed by atoms with E-state index < -0.39 is 0 Å². The molecule has 124 valence electrons. The fourth-order valence-electron chi connectivity index (χ4n) is 3.00. The molecule has 24 heavy (non-hydrogen) atoms. The minimum Gasteiger partial charge on any atom is -0.296 e. The molecule has 1 aromatic carbocycles. The molecule has 0 spiro atoms. The smallest absolute Gasteiger partial charge is 0.279 e. The van der Waals surface area contributed by atoms with E-state index >= 15 is 0 Å². The van der Waals surface area contributed by atoms with Crippen molar-refractivity contribution in [3.63, 3.8) is 0 Å². The van der Waals surface area contributed by atoms with Crippen molar-refractivity contribution in [1.82, 2.24) is 24.7 Å². The van der Waals surface area contributed by atoms with Crippen molar-refractivity contribution in [3.05, 3.63) is 40.2 Å². The molecule has 0 atom stereocenters. The summed E-state index contributed by atoms with van der Waals surface area (Å²) in [6, 6.07) is 6.64. The highest BCUT2D eigenvalue weighted by Crippen LogP contribution is 2.32. The van der Waals surface area contributed by atoms with Crippen LogP contribution in [-0.4, -0.2) is 42.7 Å². The van der Waals surface area contributed by atoms with Gasteiger partial charge in [0.05, 0.1) is 17.0 Å².